The van der Waals surface area contributed by atoms with Gasteiger partial charge in [0, 0.05) is 10.0 Å². The molecule has 0 saturated carbocycles. The maximum Gasteiger partial charge on any atom is 0.341 e. The number of esters is 1. The number of aliphatic hydroxyl groups is 1. The van der Waals surface area contributed by atoms with E-state index < -0.39 is 5.97 Å². The van der Waals surface area contributed by atoms with Crippen LogP contribution in [0.2, 0.25) is 0 Å². The quantitative estimate of drug-likeness (QED) is 0.503. The molecule has 0 heterocycles. The molecule has 0 saturated heterocycles. The molecule has 0 bridgehead atoms. The third kappa shape index (κ3) is 2.14. The van der Waals surface area contributed by atoms with Crippen LogP contribution in [0.3, 0.4) is 0 Å². The van der Waals surface area contributed by atoms with Gasteiger partial charge in [0.1, 0.15) is 5.57 Å². The van der Waals surface area contributed by atoms with Gasteiger partial charge in [-0.1, -0.05) is 34.1 Å². The molecule has 74 valence electrons. The summed E-state index contributed by atoms with van der Waals surface area (Å²) in [6, 6.07) is 7.08. The largest absolute Gasteiger partial charge is 0.515 e. The summed E-state index contributed by atoms with van der Waals surface area (Å²) in [5.41, 5.74) is 0.724. The Hall–Kier alpha value is -1.29. The second kappa shape index (κ2) is 4.81. The number of benzene rings is 1. The van der Waals surface area contributed by atoms with E-state index in [1.807, 2.05) is 6.07 Å². The molecule has 0 atom stereocenters. The molecule has 3 nitrogen and oxygen atoms in total. The monoisotopic (exact) mass is 256 g/mol. The van der Waals surface area contributed by atoms with Crippen LogP contribution in [0.1, 0.15) is 5.56 Å². The fourth-order valence-corrected chi connectivity index (χ4v) is 1.52. The predicted octanol–water partition coefficient (Wildman–Crippen LogP) is 2.52. The molecule has 0 aromatic heterocycles. The van der Waals surface area contributed by atoms with E-state index in [0.717, 1.165) is 10.7 Å². The number of carbonyl (C=O) groups excluding carboxylic acids is 1. The van der Waals surface area contributed by atoms with Crippen molar-refractivity contribution in [1.29, 1.82) is 0 Å². The zero-order valence-electron chi connectivity index (χ0n) is 7.53. The van der Waals surface area contributed by atoms with Crippen LogP contribution < -0.4 is 0 Å². The molecule has 0 aliphatic heterocycles. The molecule has 0 unspecified atom stereocenters. The van der Waals surface area contributed by atoms with Crippen LogP contribution >= 0.6 is 15.9 Å². The number of methoxy groups -OCH3 is 1. The smallest absolute Gasteiger partial charge is 0.341 e. The van der Waals surface area contributed by atoms with E-state index in [2.05, 4.69) is 20.7 Å². The van der Waals surface area contributed by atoms with E-state index >= 15 is 0 Å². The molecule has 1 aromatic carbocycles. The van der Waals surface area contributed by atoms with E-state index in [1.54, 1.807) is 18.2 Å². The van der Waals surface area contributed by atoms with Crippen molar-refractivity contribution in [2.75, 3.05) is 7.11 Å². The van der Waals surface area contributed by atoms with Gasteiger partial charge in [0.25, 0.3) is 0 Å². The number of rotatable bonds is 2. The Morgan fingerprint density at radius 2 is 2.14 bits per heavy atom. The minimum absolute atomic E-state index is 0.125. The lowest BCUT2D eigenvalue weighted by Gasteiger charge is -2.05. The molecule has 0 spiro atoms. The first-order valence-corrected chi connectivity index (χ1v) is 4.67. The first kappa shape index (κ1) is 10.8. The second-order valence-corrected chi connectivity index (χ2v) is 3.37. The summed E-state index contributed by atoms with van der Waals surface area (Å²) in [5.74, 6) is -0.570. The molecule has 0 fully saturated rings. The Bertz CT molecular complexity index is 371. The molecule has 0 amide bonds. The normalized spacial score (nSPS) is 11.1. The standard InChI is InChI=1S/C10H9BrO3/c1-14-10(13)8(6-12)7-4-2-3-5-9(7)11/h2-6,12H,1H3/b8-6+. The summed E-state index contributed by atoms with van der Waals surface area (Å²) >= 11 is 3.28. The Morgan fingerprint density at radius 3 is 2.64 bits per heavy atom. The van der Waals surface area contributed by atoms with Crippen LogP contribution in [0.15, 0.2) is 35.0 Å². The van der Waals surface area contributed by atoms with Gasteiger partial charge in [-0.05, 0) is 6.07 Å². The zero-order chi connectivity index (χ0) is 10.6. The lowest BCUT2D eigenvalue weighted by molar-refractivity contribution is -0.133. The number of aliphatic hydroxyl groups excluding tert-OH is 1. The van der Waals surface area contributed by atoms with Crippen LogP contribution in [-0.4, -0.2) is 18.2 Å². The van der Waals surface area contributed by atoms with E-state index in [1.165, 1.54) is 7.11 Å². The van der Waals surface area contributed by atoms with Gasteiger partial charge in [-0.2, -0.15) is 0 Å². The highest BCUT2D eigenvalue weighted by atomic mass is 79.9. The van der Waals surface area contributed by atoms with Crippen LogP contribution in [0.25, 0.3) is 5.57 Å². The molecule has 0 aliphatic rings. The summed E-state index contributed by atoms with van der Waals surface area (Å²) in [5, 5.41) is 8.92. The Balaban J connectivity index is 3.15. The van der Waals surface area contributed by atoms with E-state index in [9.17, 15) is 4.79 Å². The van der Waals surface area contributed by atoms with E-state index in [0.29, 0.717) is 5.56 Å². The average molecular weight is 257 g/mol. The number of hydrogen-bond donors (Lipinski definition) is 1. The van der Waals surface area contributed by atoms with Crippen molar-refractivity contribution < 1.29 is 14.6 Å². The lowest BCUT2D eigenvalue weighted by atomic mass is 10.1. The molecule has 1 rings (SSSR count). The SMILES string of the molecule is COC(=O)/C(=C/O)c1ccccc1Br. The van der Waals surface area contributed by atoms with Gasteiger partial charge < -0.3 is 9.84 Å². The zero-order valence-corrected chi connectivity index (χ0v) is 9.11. The van der Waals surface area contributed by atoms with Gasteiger partial charge in [0.2, 0.25) is 0 Å². The van der Waals surface area contributed by atoms with E-state index in [-0.39, 0.29) is 5.57 Å². The fourth-order valence-electron chi connectivity index (χ4n) is 1.02. The van der Waals surface area contributed by atoms with Gasteiger partial charge >= 0.3 is 5.97 Å². The fraction of sp³-hybridized carbons (Fsp3) is 0.100. The average Bonchev–Trinajstić information content (AvgIpc) is 2.21. The van der Waals surface area contributed by atoms with Gasteiger partial charge in [0.05, 0.1) is 13.4 Å². The Labute approximate surface area is 90.1 Å². The van der Waals surface area contributed by atoms with Crippen molar-refractivity contribution in [1.82, 2.24) is 0 Å². The Morgan fingerprint density at radius 1 is 1.50 bits per heavy atom. The molecule has 14 heavy (non-hydrogen) atoms. The van der Waals surface area contributed by atoms with Crippen LogP contribution in [0, 0.1) is 0 Å². The van der Waals surface area contributed by atoms with Gasteiger partial charge in [-0.15, -0.1) is 0 Å². The number of carbonyl (C=O) groups is 1. The topological polar surface area (TPSA) is 46.5 Å². The summed E-state index contributed by atoms with van der Waals surface area (Å²) in [4.78, 5) is 11.2. The van der Waals surface area contributed by atoms with Gasteiger partial charge in [0.15, 0.2) is 0 Å². The van der Waals surface area contributed by atoms with Gasteiger partial charge in [-0.3, -0.25) is 0 Å². The molecule has 4 heteroatoms. The highest BCUT2D eigenvalue weighted by Gasteiger charge is 2.14. The van der Waals surface area contributed by atoms with Crippen LogP contribution in [0.4, 0.5) is 0 Å². The second-order valence-electron chi connectivity index (χ2n) is 2.51. The molecule has 1 N–H and O–H groups in total. The van der Waals surface area contributed by atoms with Crippen molar-refractivity contribution >= 4 is 27.5 Å². The van der Waals surface area contributed by atoms with Crippen molar-refractivity contribution in [2.24, 2.45) is 0 Å². The molecule has 0 radical (unpaired) electrons. The first-order chi connectivity index (χ1) is 6.70. The van der Waals surface area contributed by atoms with Gasteiger partial charge in [-0.25, -0.2) is 4.79 Å². The third-order valence-electron chi connectivity index (χ3n) is 1.70. The summed E-state index contributed by atoms with van der Waals surface area (Å²) in [7, 11) is 1.27. The minimum atomic E-state index is -0.570. The number of ether oxygens (including phenoxy) is 1. The molecular formula is C10H9BrO3. The summed E-state index contributed by atoms with van der Waals surface area (Å²) < 4.78 is 5.25. The molecule has 1 aromatic rings. The Kier molecular flexibility index (Phi) is 3.71. The highest BCUT2D eigenvalue weighted by molar-refractivity contribution is 9.10. The summed E-state index contributed by atoms with van der Waals surface area (Å²) in [6.07, 6.45) is 0.742. The van der Waals surface area contributed by atoms with Crippen molar-refractivity contribution in [3.63, 3.8) is 0 Å². The molecular weight excluding hydrogens is 248 g/mol. The molecule has 0 aliphatic carbocycles. The maximum absolute atomic E-state index is 11.2. The highest BCUT2D eigenvalue weighted by Crippen LogP contribution is 2.24. The maximum atomic E-state index is 11.2. The van der Waals surface area contributed by atoms with Crippen molar-refractivity contribution in [3.8, 4) is 0 Å². The predicted molar refractivity (Wildman–Crippen MR) is 56.8 cm³/mol. The van der Waals surface area contributed by atoms with Crippen LogP contribution in [-0.2, 0) is 9.53 Å². The first-order valence-electron chi connectivity index (χ1n) is 3.88. The lowest BCUT2D eigenvalue weighted by Crippen LogP contribution is -2.04. The third-order valence-corrected chi connectivity index (χ3v) is 2.39. The minimum Gasteiger partial charge on any atom is -0.515 e. The van der Waals surface area contributed by atoms with E-state index in [4.69, 9.17) is 5.11 Å². The number of hydrogen-bond acceptors (Lipinski definition) is 3. The summed E-state index contributed by atoms with van der Waals surface area (Å²) in [6.45, 7) is 0. The van der Waals surface area contributed by atoms with Crippen molar-refractivity contribution in [3.05, 3.63) is 40.6 Å². The van der Waals surface area contributed by atoms with Crippen molar-refractivity contribution in [2.45, 2.75) is 0 Å². The number of halogens is 1. The van der Waals surface area contributed by atoms with Crippen LogP contribution in [0.5, 0.6) is 0 Å².